The molecule has 2 aliphatic heterocycles. The summed E-state index contributed by atoms with van der Waals surface area (Å²) in [5, 5.41) is 1.60. The number of halogens is 1. The number of hydrazine groups is 1. The second-order valence-electron chi connectivity index (χ2n) is 11.5. The molecule has 0 spiro atoms. The molecule has 1 aromatic rings. The predicted molar refractivity (Wildman–Crippen MR) is 137 cm³/mol. The number of ketones is 1. The Kier molecular flexibility index (Phi) is 6.46. The van der Waals surface area contributed by atoms with Gasteiger partial charge >= 0.3 is 13.1 Å². The first kappa shape index (κ1) is 26.2. The maximum atomic E-state index is 15.3. The van der Waals surface area contributed by atoms with Gasteiger partial charge in [-0.1, -0.05) is 32.9 Å². The lowest BCUT2D eigenvalue weighted by Gasteiger charge is -2.35. The Balaban J connectivity index is 1.77. The molecule has 2 heterocycles. The van der Waals surface area contributed by atoms with E-state index in [4.69, 9.17) is 14.0 Å². The van der Waals surface area contributed by atoms with Gasteiger partial charge in [0.15, 0.2) is 5.78 Å². The molecule has 1 aromatic carbocycles. The Morgan fingerprint density at radius 2 is 1.81 bits per heavy atom. The number of nitrogens with zero attached hydrogens (tertiary/aromatic N) is 1. The van der Waals surface area contributed by atoms with Gasteiger partial charge in [0, 0.05) is 29.5 Å². The van der Waals surface area contributed by atoms with Crippen LogP contribution in [0.2, 0.25) is 0 Å². The van der Waals surface area contributed by atoms with Crippen molar-refractivity contribution in [2.24, 2.45) is 11.3 Å². The monoisotopic (exact) mass is 496 g/mol. The summed E-state index contributed by atoms with van der Waals surface area (Å²) in [6.45, 7) is 13.6. The van der Waals surface area contributed by atoms with Crippen LogP contribution in [0.25, 0.3) is 0 Å². The number of Topliss-reactive ketones (excluding diaryl/α,β-unsaturated/α-hetero) is 1. The van der Waals surface area contributed by atoms with Gasteiger partial charge in [-0.25, -0.2) is 4.39 Å². The maximum absolute atomic E-state index is 15.3. The summed E-state index contributed by atoms with van der Waals surface area (Å²) >= 11 is 0. The first-order valence-corrected chi connectivity index (χ1v) is 12.1. The summed E-state index contributed by atoms with van der Waals surface area (Å²) in [7, 11) is 0.619. The predicted octanol–water partition coefficient (Wildman–Crippen LogP) is 3.89. The minimum absolute atomic E-state index is 0.0483. The Morgan fingerprint density at radius 3 is 2.39 bits per heavy atom. The van der Waals surface area contributed by atoms with Crippen molar-refractivity contribution in [2.75, 3.05) is 12.1 Å². The smallest absolute Gasteiger partial charge is 0.469 e. The fourth-order valence-corrected chi connectivity index (χ4v) is 4.52. The van der Waals surface area contributed by atoms with E-state index >= 15 is 4.39 Å². The largest absolute Gasteiger partial charge is 0.495 e. The lowest BCUT2D eigenvalue weighted by molar-refractivity contribution is -0.139. The van der Waals surface area contributed by atoms with Crippen LogP contribution in [-0.2, 0) is 30.1 Å². The minimum atomic E-state index is -0.710. The molecular formula is C27H34BFN2O5. The van der Waals surface area contributed by atoms with E-state index in [1.54, 1.807) is 17.3 Å². The molecule has 192 valence electrons. The van der Waals surface area contributed by atoms with E-state index in [2.05, 4.69) is 5.43 Å². The topological polar surface area (TPSA) is 77.1 Å². The molecule has 3 aliphatic rings. The van der Waals surface area contributed by atoms with E-state index in [0.717, 1.165) is 0 Å². The molecule has 9 heteroatoms. The van der Waals surface area contributed by atoms with Crippen molar-refractivity contribution < 1.29 is 28.0 Å². The fourth-order valence-electron chi connectivity index (χ4n) is 4.52. The molecule has 4 rings (SSSR count). The number of hydrogen-bond acceptors (Lipinski definition) is 7. The second kappa shape index (κ2) is 8.89. The SMILES string of the molecule is COC(=O)Cc1c(B2OC(C)(C)C(C)(C)O2)cccc1N1C=C2C(F)=CC(C(C)(C)C)C(=O)C2=CN1. The molecule has 1 saturated heterocycles. The van der Waals surface area contributed by atoms with Crippen LogP contribution >= 0.6 is 0 Å². The minimum Gasteiger partial charge on any atom is -0.469 e. The van der Waals surface area contributed by atoms with Gasteiger partial charge in [-0.3, -0.25) is 14.6 Å². The maximum Gasteiger partial charge on any atom is 0.495 e. The number of anilines is 1. The van der Waals surface area contributed by atoms with Gasteiger partial charge in [-0.15, -0.1) is 0 Å². The van der Waals surface area contributed by atoms with E-state index in [9.17, 15) is 9.59 Å². The molecular weight excluding hydrogens is 462 g/mol. The van der Waals surface area contributed by atoms with E-state index in [1.165, 1.54) is 19.4 Å². The highest BCUT2D eigenvalue weighted by atomic mass is 19.1. The molecule has 0 bridgehead atoms. The van der Waals surface area contributed by atoms with Gasteiger partial charge in [-0.05, 0) is 56.3 Å². The van der Waals surface area contributed by atoms with Gasteiger partial charge in [0.2, 0.25) is 0 Å². The highest BCUT2D eigenvalue weighted by Gasteiger charge is 2.52. The Morgan fingerprint density at radius 1 is 1.17 bits per heavy atom. The van der Waals surface area contributed by atoms with Crippen molar-refractivity contribution in [3.8, 4) is 0 Å². The first-order chi connectivity index (χ1) is 16.7. The molecule has 1 N–H and O–H groups in total. The summed E-state index contributed by atoms with van der Waals surface area (Å²) < 4.78 is 32.7. The summed E-state index contributed by atoms with van der Waals surface area (Å²) in [6.07, 6.45) is 4.41. The fraction of sp³-hybridized carbons (Fsp3) is 0.481. The summed E-state index contributed by atoms with van der Waals surface area (Å²) in [5.41, 5.74) is 3.91. The summed E-state index contributed by atoms with van der Waals surface area (Å²) in [6, 6.07) is 5.48. The standard InChI is InChI=1S/C27H34BFN2O5/c1-25(2,3)19-13-21(29)18-15-31(30-14-17(18)24(19)33)22-11-9-10-20(16(22)12-23(32)34-8)28-35-26(4,5)27(6,7)36-28/h9-11,13-15,19,30H,12H2,1-8H3. The van der Waals surface area contributed by atoms with Crippen LogP contribution in [0.5, 0.6) is 0 Å². The van der Waals surface area contributed by atoms with Crippen LogP contribution in [-0.4, -0.2) is 37.2 Å². The number of carbonyl (C=O) groups is 2. The first-order valence-electron chi connectivity index (χ1n) is 12.1. The summed E-state index contributed by atoms with van der Waals surface area (Å²) in [4.78, 5) is 25.5. The zero-order chi connectivity index (χ0) is 26.6. The number of ether oxygens (including phenoxy) is 1. The van der Waals surface area contributed by atoms with Crippen molar-refractivity contribution in [2.45, 2.75) is 66.1 Å². The second-order valence-corrected chi connectivity index (χ2v) is 11.5. The number of nitrogens with one attached hydrogen (secondary N) is 1. The van der Waals surface area contributed by atoms with Gasteiger partial charge in [0.05, 0.1) is 30.4 Å². The van der Waals surface area contributed by atoms with Gasteiger partial charge < -0.3 is 19.5 Å². The van der Waals surface area contributed by atoms with Crippen LogP contribution in [0.1, 0.15) is 54.0 Å². The average molecular weight is 496 g/mol. The molecule has 7 nitrogen and oxygen atoms in total. The number of benzene rings is 1. The van der Waals surface area contributed by atoms with Crippen LogP contribution in [0.15, 0.2) is 53.6 Å². The van der Waals surface area contributed by atoms with Crippen LogP contribution in [0.4, 0.5) is 10.1 Å². The molecule has 0 amide bonds. The highest BCUT2D eigenvalue weighted by Crippen LogP contribution is 2.41. The Hall–Kier alpha value is -2.91. The van der Waals surface area contributed by atoms with Crippen molar-refractivity contribution in [1.29, 1.82) is 0 Å². The Bertz CT molecular complexity index is 1180. The molecule has 1 fully saturated rings. The van der Waals surface area contributed by atoms with Crippen LogP contribution < -0.4 is 15.9 Å². The van der Waals surface area contributed by atoms with Gasteiger partial charge in [-0.2, -0.15) is 0 Å². The zero-order valence-electron chi connectivity index (χ0n) is 22.2. The molecule has 1 aliphatic carbocycles. The number of carbonyl (C=O) groups excluding carboxylic acids is 2. The number of rotatable bonds is 4. The van der Waals surface area contributed by atoms with E-state index < -0.39 is 41.4 Å². The number of esters is 1. The molecule has 0 saturated carbocycles. The van der Waals surface area contributed by atoms with Gasteiger partial charge in [0.25, 0.3) is 0 Å². The lowest BCUT2D eigenvalue weighted by Crippen LogP contribution is -2.42. The van der Waals surface area contributed by atoms with Crippen molar-refractivity contribution in [1.82, 2.24) is 5.43 Å². The normalized spacial score (nSPS) is 22.9. The zero-order valence-corrected chi connectivity index (χ0v) is 22.2. The molecule has 0 radical (unpaired) electrons. The van der Waals surface area contributed by atoms with E-state index in [-0.39, 0.29) is 17.8 Å². The number of allylic oxidation sites excluding steroid dienone is 4. The third-order valence-corrected chi connectivity index (χ3v) is 7.45. The van der Waals surface area contributed by atoms with Crippen molar-refractivity contribution in [3.63, 3.8) is 0 Å². The molecule has 36 heavy (non-hydrogen) atoms. The third kappa shape index (κ3) is 4.50. The van der Waals surface area contributed by atoms with Crippen molar-refractivity contribution >= 4 is 30.0 Å². The van der Waals surface area contributed by atoms with Crippen molar-refractivity contribution in [3.05, 3.63) is 59.2 Å². The Labute approximate surface area is 212 Å². The van der Waals surface area contributed by atoms with Gasteiger partial charge in [0.1, 0.15) is 5.83 Å². The summed E-state index contributed by atoms with van der Waals surface area (Å²) in [5.74, 6) is -1.59. The lowest BCUT2D eigenvalue weighted by atomic mass is 9.72. The molecule has 1 atom stereocenters. The average Bonchev–Trinajstić information content (AvgIpc) is 3.01. The number of hydrogen-bond donors (Lipinski definition) is 1. The van der Waals surface area contributed by atoms with E-state index in [1.807, 2.05) is 60.6 Å². The highest BCUT2D eigenvalue weighted by molar-refractivity contribution is 6.63. The van der Waals surface area contributed by atoms with Crippen LogP contribution in [0.3, 0.4) is 0 Å². The third-order valence-electron chi connectivity index (χ3n) is 7.45. The quantitative estimate of drug-likeness (QED) is 0.501. The van der Waals surface area contributed by atoms with Crippen LogP contribution in [0, 0.1) is 11.3 Å². The number of methoxy groups -OCH3 is 1. The van der Waals surface area contributed by atoms with E-state index in [0.29, 0.717) is 22.3 Å². The molecule has 0 aromatic heterocycles. The molecule has 1 unspecified atom stereocenters. The number of fused-ring (bicyclic) bond motifs is 1.